The van der Waals surface area contributed by atoms with Crippen LogP contribution in [-0.2, 0) is 9.47 Å². The highest BCUT2D eigenvalue weighted by molar-refractivity contribution is 4.97. The zero-order valence-electron chi connectivity index (χ0n) is 10.5. The topological polar surface area (TPSA) is 72.7 Å². The van der Waals surface area contributed by atoms with Gasteiger partial charge in [-0.2, -0.15) is 4.98 Å². The van der Waals surface area contributed by atoms with Crippen LogP contribution in [0.4, 0.5) is 0 Å². The van der Waals surface area contributed by atoms with Crippen molar-refractivity contribution in [2.24, 2.45) is 0 Å². The highest BCUT2D eigenvalue weighted by atomic mass is 16.5. The molecule has 1 aromatic rings. The summed E-state index contributed by atoms with van der Waals surface area (Å²) in [6, 6.07) is 0. The van der Waals surface area contributed by atoms with Crippen molar-refractivity contribution in [2.45, 2.75) is 12.2 Å². The average molecular weight is 254 g/mol. The lowest BCUT2D eigenvalue weighted by molar-refractivity contribution is -0.0264. The molecule has 2 fully saturated rings. The normalized spacial score (nSPS) is 30.5. The molecule has 100 valence electrons. The van der Waals surface area contributed by atoms with Crippen LogP contribution in [0, 0.1) is 0 Å². The van der Waals surface area contributed by atoms with Gasteiger partial charge in [-0.3, -0.25) is 0 Å². The minimum atomic E-state index is -0.138. The van der Waals surface area contributed by atoms with Crippen LogP contribution < -0.4 is 5.32 Å². The summed E-state index contributed by atoms with van der Waals surface area (Å²) in [4.78, 5) is 6.59. The number of likely N-dealkylation sites (N-methyl/N-ethyl adjacent to an activating group) is 1. The van der Waals surface area contributed by atoms with E-state index in [0.717, 1.165) is 19.6 Å². The summed E-state index contributed by atoms with van der Waals surface area (Å²) in [7, 11) is 2.06. The molecule has 0 bridgehead atoms. The Balaban J connectivity index is 1.68. The highest BCUT2D eigenvalue weighted by Crippen LogP contribution is 2.22. The summed E-state index contributed by atoms with van der Waals surface area (Å²) in [6.45, 7) is 4.69. The minimum Gasteiger partial charge on any atom is -0.367 e. The van der Waals surface area contributed by atoms with Crippen LogP contribution in [-0.4, -0.2) is 61.5 Å². The fraction of sp³-hybridized carbons (Fsp3) is 0.818. The van der Waals surface area contributed by atoms with E-state index in [1.54, 1.807) is 0 Å². The van der Waals surface area contributed by atoms with Gasteiger partial charge in [-0.1, -0.05) is 5.16 Å². The molecule has 3 rings (SSSR count). The van der Waals surface area contributed by atoms with Gasteiger partial charge in [0.15, 0.2) is 0 Å². The maximum atomic E-state index is 5.65. The van der Waals surface area contributed by atoms with E-state index < -0.39 is 0 Å². The molecule has 0 radical (unpaired) electrons. The van der Waals surface area contributed by atoms with Crippen molar-refractivity contribution in [3.8, 4) is 0 Å². The molecular weight excluding hydrogens is 236 g/mol. The van der Waals surface area contributed by atoms with Gasteiger partial charge in [0, 0.05) is 26.2 Å². The van der Waals surface area contributed by atoms with E-state index >= 15 is 0 Å². The van der Waals surface area contributed by atoms with Crippen molar-refractivity contribution in [3.05, 3.63) is 11.7 Å². The third kappa shape index (κ3) is 2.54. The Morgan fingerprint density at radius 1 is 1.28 bits per heavy atom. The Morgan fingerprint density at radius 3 is 2.94 bits per heavy atom. The first kappa shape index (κ1) is 12.0. The Bertz CT molecular complexity index is 391. The molecule has 2 aliphatic heterocycles. The molecule has 18 heavy (non-hydrogen) atoms. The van der Waals surface area contributed by atoms with Gasteiger partial charge in [0.1, 0.15) is 12.2 Å². The van der Waals surface area contributed by atoms with Crippen molar-refractivity contribution in [2.75, 3.05) is 46.4 Å². The molecule has 2 unspecified atom stereocenters. The summed E-state index contributed by atoms with van der Waals surface area (Å²) >= 11 is 0. The van der Waals surface area contributed by atoms with Crippen LogP contribution in [0.15, 0.2) is 4.52 Å². The number of hydrogen-bond donors (Lipinski definition) is 1. The van der Waals surface area contributed by atoms with Crippen LogP contribution >= 0.6 is 0 Å². The SMILES string of the molecule is CN1CCOC(c2noc(C3CNCCO3)n2)C1. The summed E-state index contributed by atoms with van der Waals surface area (Å²) in [5.41, 5.74) is 0. The minimum absolute atomic E-state index is 0.0993. The van der Waals surface area contributed by atoms with Crippen molar-refractivity contribution in [1.29, 1.82) is 0 Å². The smallest absolute Gasteiger partial charge is 0.257 e. The Hall–Kier alpha value is -1.02. The third-order valence-corrected chi connectivity index (χ3v) is 3.22. The predicted octanol–water partition coefficient (Wildman–Crippen LogP) is -0.266. The van der Waals surface area contributed by atoms with E-state index in [2.05, 4.69) is 27.4 Å². The van der Waals surface area contributed by atoms with Gasteiger partial charge in [-0.15, -0.1) is 0 Å². The first-order valence-electron chi connectivity index (χ1n) is 6.29. The van der Waals surface area contributed by atoms with E-state index in [1.807, 2.05) is 0 Å². The summed E-state index contributed by atoms with van der Waals surface area (Å²) in [5.74, 6) is 1.15. The molecule has 2 aliphatic rings. The Kier molecular flexibility index (Phi) is 3.55. The van der Waals surface area contributed by atoms with Gasteiger partial charge in [0.25, 0.3) is 5.89 Å². The molecular formula is C11H18N4O3. The van der Waals surface area contributed by atoms with E-state index in [-0.39, 0.29) is 12.2 Å². The number of nitrogens with one attached hydrogen (secondary N) is 1. The molecule has 0 spiro atoms. The molecule has 7 heteroatoms. The van der Waals surface area contributed by atoms with E-state index in [9.17, 15) is 0 Å². The maximum Gasteiger partial charge on any atom is 0.257 e. The molecule has 0 aromatic carbocycles. The fourth-order valence-corrected chi connectivity index (χ4v) is 2.17. The zero-order chi connectivity index (χ0) is 12.4. The van der Waals surface area contributed by atoms with Crippen LogP contribution in [0.1, 0.15) is 23.9 Å². The largest absolute Gasteiger partial charge is 0.367 e. The average Bonchev–Trinajstić information content (AvgIpc) is 2.89. The van der Waals surface area contributed by atoms with E-state index in [4.69, 9.17) is 14.0 Å². The lowest BCUT2D eigenvalue weighted by Crippen LogP contribution is -2.36. The second-order valence-electron chi connectivity index (χ2n) is 4.68. The van der Waals surface area contributed by atoms with Gasteiger partial charge in [-0.25, -0.2) is 0 Å². The standard InChI is InChI=1S/C11H18N4O3/c1-15-3-5-17-9(7-15)10-13-11(18-14-10)8-6-12-2-4-16-8/h8-9,12H,2-7H2,1H3. The first-order chi connectivity index (χ1) is 8.83. The van der Waals surface area contributed by atoms with Crippen LogP contribution in [0.3, 0.4) is 0 Å². The molecule has 3 heterocycles. The van der Waals surface area contributed by atoms with Gasteiger partial charge in [0.2, 0.25) is 5.82 Å². The summed E-state index contributed by atoms with van der Waals surface area (Å²) in [5, 5.41) is 7.24. The highest BCUT2D eigenvalue weighted by Gasteiger charge is 2.27. The third-order valence-electron chi connectivity index (χ3n) is 3.22. The van der Waals surface area contributed by atoms with Crippen LogP contribution in [0.25, 0.3) is 0 Å². The first-order valence-corrected chi connectivity index (χ1v) is 6.29. The van der Waals surface area contributed by atoms with Gasteiger partial charge < -0.3 is 24.2 Å². The predicted molar refractivity (Wildman–Crippen MR) is 62.1 cm³/mol. The summed E-state index contributed by atoms with van der Waals surface area (Å²) < 4.78 is 16.5. The molecule has 2 atom stereocenters. The number of hydrogen-bond acceptors (Lipinski definition) is 7. The lowest BCUT2D eigenvalue weighted by Gasteiger charge is -2.27. The van der Waals surface area contributed by atoms with Crippen molar-refractivity contribution >= 4 is 0 Å². The van der Waals surface area contributed by atoms with Crippen molar-refractivity contribution in [1.82, 2.24) is 20.4 Å². The second-order valence-corrected chi connectivity index (χ2v) is 4.68. The van der Waals surface area contributed by atoms with Crippen LogP contribution in [0.5, 0.6) is 0 Å². The van der Waals surface area contributed by atoms with Gasteiger partial charge in [0.05, 0.1) is 13.2 Å². The molecule has 0 aliphatic carbocycles. The number of ether oxygens (including phenoxy) is 2. The Labute approximate surface area is 105 Å². The van der Waals surface area contributed by atoms with Gasteiger partial charge in [-0.05, 0) is 7.05 Å². The molecule has 0 saturated carbocycles. The van der Waals surface area contributed by atoms with Crippen molar-refractivity contribution in [3.63, 3.8) is 0 Å². The maximum absolute atomic E-state index is 5.65. The number of rotatable bonds is 2. The monoisotopic (exact) mass is 254 g/mol. The van der Waals surface area contributed by atoms with E-state index in [1.165, 1.54) is 0 Å². The second kappa shape index (κ2) is 5.31. The quantitative estimate of drug-likeness (QED) is 0.779. The van der Waals surface area contributed by atoms with Gasteiger partial charge >= 0.3 is 0 Å². The number of morpholine rings is 2. The van der Waals surface area contributed by atoms with Crippen molar-refractivity contribution < 1.29 is 14.0 Å². The zero-order valence-corrected chi connectivity index (χ0v) is 10.5. The van der Waals surface area contributed by atoms with E-state index in [0.29, 0.717) is 31.5 Å². The molecule has 0 amide bonds. The van der Waals surface area contributed by atoms with Crippen LogP contribution in [0.2, 0.25) is 0 Å². The lowest BCUT2D eigenvalue weighted by atomic mass is 10.2. The molecule has 2 saturated heterocycles. The number of aromatic nitrogens is 2. The molecule has 7 nitrogen and oxygen atoms in total. The summed E-state index contributed by atoms with van der Waals surface area (Å²) in [6.07, 6.45) is -0.237. The molecule has 1 N–H and O–H groups in total. The Morgan fingerprint density at radius 2 is 2.17 bits per heavy atom. The molecule has 1 aromatic heterocycles. The fourth-order valence-electron chi connectivity index (χ4n) is 2.17. The number of nitrogens with zero attached hydrogens (tertiary/aromatic N) is 3.